The lowest BCUT2D eigenvalue weighted by atomic mass is 10.1. The lowest BCUT2D eigenvalue weighted by Crippen LogP contribution is -2.44. The summed E-state index contributed by atoms with van der Waals surface area (Å²) in [4.78, 5) is 0. The Kier molecular flexibility index (Phi) is 2.61. The molecule has 3 heteroatoms. The average Bonchev–Trinajstić information content (AvgIpc) is 2.51. The molecule has 1 aliphatic heterocycles. The molecule has 0 aliphatic carbocycles. The van der Waals surface area contributed by atoms with Crippen molar-refractivity contribution >= 4 is 0 Å². The van der Waals surface area contributed by atoms with Crippen LogP contribution in [0.4, 0.5) is 0 Å². The first-order valence-corrected chi connectivity index (χ1v) is 5.12. The first-order valence-electron chi connectivity index (χ1n) is 5.12. The van der Waals surface area contributed by atoms with Crippen LogP contribution in [0.5, 0.6) is 0 Å². The zero-order valence-electron chi connectivity index (χ0n) is 8.91. The van der Waals surface area contributed by atoms with Gasteiger partial charge in [0.2, 0.25) is 0 Å². The summed E-state index contributed by atoms with van der Waals surface area (Å²) in [7, 11) is 0. The van der Waals surface area contributed by atoms with E-state index in [-0.39, 0.29) is 18.2 Å². The van der Waals surface area contributed by atoms with E-state index in [9.17, 15) is 0 Å². The van der Waals surface area contributed by atoms with Crippen LogP contribution in [0.1, 0.15) is 31.4 Å². The van der Waals surface area contributed by atoms with E-state index in [0.29, 0.717) is 0 Å². The van der Waals surface area contributed by atoms with Gasteiger partial charge in [0.15, 0.2) is 0 Å². The molecule has 14 heavy (non-hydrogen) atoms. The number of hydrogen-bond acceptors (Lipinski definition) is 3. The summed E-state index contributed by atoms with van der Waals surface area (Å²) in [5, 5.41) is 3.43. The van der Waals surface area contributed by atoms with Gasteiger partial charge in [-0.05, 0) is 32.9 Å². The van der Waals surface area contributed by atoms with Crippen molar-refractivity contribution in [3.05, 3.63) is 23.7 Å². The monoisotopic (exact) mass is 195 g/mol. The van der Waals surface area contributed by atoms with E-state index < -0.39 is 0 Å². The van der Waals surface area contributed by atoms with E-state index in [1.165, 1.54) is 0 Å². The van der Waals surface area contributed by atoms with Gasteiger partial charge in [0.1, 0.15) is 11.5 Å². The molecule has 2 heterocycles. The highest BCUT2D eigenvalue weighted by atomic mass is 16.5. The van der Waals surface area contributed by atoms with Gasteiger partial charge in [-0.3, -0.25) is 0 Å². The fourth-order valence-electron chi connectivity index (χ4n) is 1.90. The molecule has 1 saturated heterocycles. The summed E-state index contributed by atoms with van der Waals surface area (Å²) in [6.45, 7) is 6.99. The van der Waals surface area contributed by atoms with E-state index in [2.05, 4.69) is 19.2 Å². The number of rotatable bonds is 1. The Bertz CT molecular complexity index is 308. The van der Waals surface area contributed by atoms with Crippen LogP contribution in [0.3, 0.4) is 0 Å². The fraction of sp³-hybridized carbons (Fsp3) is 0.636. The van der Waals surface area contributed by atoms with Crippen LogP contribution in [0.25, 0.3) is 0 Å². The zero-order chi connectivity index (χ0) is 10.1. The molecule has 78 valence electrons. The van der Waals surface area contributed by atoms with Crippen LogP contribution >= 0.6 is 0 Å². The molecule has 0 bridgehead atoms. The lowest BCUT2D eigenvalue weighted by molar-refractivity contribution is -0.0490. The molecule has 1 aromatic rings. The minimum Gasteiger partial charge on any atom is -0.465 e. The second kappa shape index (κ2) is 3.75. The van der Waals surface area contributed by atoms with Crippen LogP contribution < -0.4 is 5.32 Å². The molecule has 0 amide bonds. The first-order chi connectivity index (χ1) is 6.66. The highest BCUT2D eigenvalue weighted by Gasteiger charge is 2.28. The topological polar surface area (TPSA) is 34.4 Å². The molecule has 0 saturated carbocycles. The molecule has 2 rings (SSSR count). The Morgan fingerprint density at radius 2 is 2.14 bits per heavy atom. The number of furan rings is 1. The van der Waals surface area contributed by atoms with Gasteiger partial charge in [-0.15, -0.1) is 0 Å². The number of morpholine rings is 1. The van der Waals surface area contributed by atoms with Gasteiger partial charge in [-0.2, -0.15) is 0 Å². The van der Waals surface area contributed by atoms with Crippen molar-refractivity contribution in [3.8, 4) is 0 Å². The molecule has 3 atom stereocenters. The molecule has 1 aromatic heterocycles. The summed E-state index contributed by atoms with van der Waals surface area (Å²) in [5.74, 6) is 1.93. The van der Waals surface area contributed by atoms with E-state index in [1.54, 1.807) is 0 Å². The van der Waals surface area contributed by atoms with Crippen molar-refractivity contribution in [1.82, 2.24) is 5.32 Å². The van der Waals surface area contributed by atoms with Gasteiger partial charge in [0.05, 0.1) is 18.2 Å². The Hall–Kier alpha value is -0.800. The minimum absolute atomic E-state index is 0.171. The summed E-state index contributed by atoms with van der Waals surface area (Å²) in [6.07, 6.45) is 0.460. The molecule has 1 N–H and O–H groups in total. The Balaban J connectivity index is 2.11. The predicted molar refractivity (Wildman–Crippen MR) is 54.2 cm³/mol. The molecule has 1 fully saturated rings. The second-order valence-electron chi connectivity index (χ2n) is 3.99. The highest BCUT2D eigenvalue weighted by Crippen LogP contribution is 2.25. The van der Waals surface area contributed by atoms with Crippen molar-refractivity contribution < 1.29 is 9.15 Å². The van der Waals surface area contributed by atoms with Gasteiger partial charge < -0.3 is 14.5 Å². The first kappa shape index (κ1) is 9.74. The van der Waals surface area contributed by atoms with E-state index in [1.807, 2.05) is 19.1 Å². The van der Waals surface area contributed by atoms with Crippen LogP contribution in [-0.2, 0) is 4.74 Å². The quantitative estimate of drug-likeness (QED) is 0.744. The normalized spacial score (nSPS) is 33.2. The number of nitrogens with one attached hydrogen (secondary N) is 1. The third-order valence-electron chi connectivity index (χ3n) is 2.61. The van der Waals surface area contributed by atoms with Crippen molar-refractivity contribution in [1.29, 1.82) is 0 Å². The maximum atomic E-state index is 5.74. The molecule has 0 aromatic carbocycles. The smallest absolute Gasteiger partial charge is 0.123 e. The van der Waals surface area contributed by atoms with Crippen LogP contribution in [0, 0.1) is 6.92 Å². The highest BCUT2D eigenvalue weighted by molar-refractivity contribution is 5.11. The van der Waals surface area contributed by atoms with Crippen LogP contribution in [-0.4, -0.2) is 18.8 Å². The lowest BCUT2D eigenvalue weighted by Gasteiger charge is -2.33. The summed E-state index contributed by atoms with van der Waals surface area (Å²) in [6, 6.07) is 4.20. The third-order valence-corrected chi connectivity index (χ3v) is 2.61. The van der Waals surface area contributed by atoms with Gasteiger partial charge in [0, 0.05) is 6.54 Å². The van der Waals surface area contributed by atoms with Gasteiger partial charge in [-0.25, -0.2) is 0 Å². The van der Waals surface area contributed by atoms with E-state index >= 15 is 0 Å². The number of ether oxygens (including phenoxy) is 1. The molecule has 0 unspecified atom stereocenters. The number of aryl methyl sites for hydroxylation is 1. The van der Waals surface area contributed by atoms with Gasteiger partial charge >= 0.3 is 0 Å². The van der Waals surface area contributed by atoms with Crippen LogP contribution in [0.15, 0.2) is 16.5 Å². The van der Waals surface area contributed by atoms with Crippen molar-refractivity contribution in [3.63, 3.8) is 0 Å². The SMILES string of the molecule is Cc1ccc([C@@H]2NC[C@@H](C)O[C@@H]2C)o1. The Morgan fingerprint density at radius 1 is 1.36 bits per heavy atom. The maximum absolute atomic E-state index is 5.74. The maximum Gasteiger partial charge on any atom is 0.123 e. The molecule has 0 radical (unpaired) electrons. The molecular formula is C11H17NO2. The van der Waals surface area contributed by atoms with Gasteiger partial charge in [-0.1, -0.05) is 0 Å². The Morgan fingerprint density at radius 3 is 2.71 bits per heavy atom. The Labute approximate surface area is 84.4 Å². The van der Waals surface area contributed by atoms with Crippen molar-refractivity contribution in [2.75, 3.05) is 6.54 Å². The van der Waals surface area contributed by atoms with Gasteiger partial charge in [0.25, 0.3) is 0 Å². The molecule has 0 spiro atoms. The fourth-order valence-corrected chi connectivity index (χ4v) is 1.90. The summed E-state index contributed by atoms with van der Waals surface area (Å²) < 4.78 is 11.3. The van der Waals surface area contributed by atoms with Crippen LogP contribution in [0.2, 0.25) is 0 Å². The average molecular weight is 195 g/mol. The van der Waals surface area contributed by atoms with Crippen molar-refractivity contribution in [2.24, 2.45) is 0 Å². The van der Waals surface area contributed by atoms with E-state index in [0.717, 1.165) is 18.1 Å². The molecule has 3 nitrogen and oxygen atoms in total. The second-order valence-corrected chi connectivity index (χ2v) is 3.99. The minimum atomic E-state index is 0.171. The zero-order valence-corrected chi connectivity index (χ0v) is 8.91. The predicted octanol–water partition coefficient (Wildman–Crippen LogP) is 2.03. The number of hydrogen-bond donors (Lipinski definition) is 1. The van der Waals surface area contributed by atoms with Crippen molar-refractivity contribution in [2.45, 2.75) is 39.0 Å². The summed E-state index contributed by atoms with van der Waals surface area (Å²) >= 11 is 0. The largest absolute Gasteiger partial charge is 0.465 e. The molecule has 1 aliphatic rings. The molecular weight excluding hydrogens is 178 g/mol. The standard InChI is InChI=1S/C11H17NO2/c1-7-4-5-10(14-7)11-9(3)13-8(2)6-12-11/h4-5,8-9,11-12H,6H2,1-3H3/t8-,9-,11-/m1/s1. The summed E-state index contributed by atoms with van der Waals surface area (Å²) in [5.41, 5.74) is 0. The van der Waals surface area contributed by atoms with E-state index in [4.69, 9.17) is 9.15 Å². The third kappa shape index (κ3) is 1.83.